The fourth-order valence-corrected chi connectivity index (χ4v) is 4.09. The number of anilines is 1. The SMILES string of the molecule is Cc1cc(N2CCN(C(=O)c3ccc(C(C)(C)C)cc3)CC2)nc(-c2ccc(C(F)(F)F)cc2)n1. The van der Waals surface area contributed by atoms with E-state index in [2.05, 4.69) is 35.6 Å². The number of carbonyl (C=O) groups is 1. The third kappa shape index (κ3) is 5.63. The van der Waals surface area contributed by atoms with Crippen LogP contribution in [0.2, 0.25) is 0 Å². The van der Waals surface area contributed by atoms with Gasteiger partial charge in [0.15, 0.2) is 5.82 Å². The molecule has 1 fully saturated rings. The highest BCUT2D eigenvalue weighted by molar-refractivity contribution is 5.94. The standard InChI is InChI=1S/C27H29F3N4O/c1-18-17-23(32-24(31-18)19-5-11-22(12-6-19)27(28,29)30)33-13-15-34(16-14-33)25(35)20-7-9-21(10-8-20)26(2,3)4/h5-12,17H,13-16H2,1-4H3. The van der Waals surface area contributed by atoms with E-state index in [1.165, 1.54) is 17.7 Å². The highest BCUT2D eigenvalue weighted by Crippen LogP contribution is 2.31. The summed E-state index contributed by atoms with van der Waals surface area (Å²) in [6.45, 7) is 10.6. The lowest BCUT2D eigenvalue weighted by molar-refractivity contribution is -0.137. The molecule has 35 heavy (non-hydrogen) atoms. The third-order valence-electron chi connectivity index (χ3n) is 6.20. The molecular weight excluding hydrogens is 453 g/mol. The Labute approximate surface area is 203 Å². The molecule has 0 radical (unpaired) electrons. The summed E-state index contributed by atoms with van der Waals surface area (Å²) >= 11 is 0. The van der Waals surface area contributed by atoms with Crippen molar-refractivity contribution in [2.75, 3.05) is 31.1 Å². The zero-order chi connectivity index (χ0) is 25.4. The molecule has 1 aliphatic heterocycles. The molecule has 0 bridgehead atoms. The van der Waals surface area contributed by atoms with Crippen LogP contribution in [-0.2, 0) is 11.6 Å². The van der Waals surface area contributed by atoms with Crippen LogP contribution in [0.3, 0.4) is 0 Å². The largest absolute Gasteiger partial charge is 0.416 e. The third-order valence-corrected chi connectivity index (χ3v) is 6.20. The molecule has 1 saturated heterocycles. The highest BCUT2D eigenvalue weighted by Gasteiger charge is 2.30. The summed E-state index contributed by atoms with van der Waals surface area (Å²) in [5.74, 6) is 1.09. The molecule has 5 nitrogen and oxygen atoms in total. The Morgan fingerprint density at radius 3 is 1.94 bits per heavy atom. The van der Waals surface area contributed by atoms with E-state index >= 15 is 0 Å². The smallest absolute Gasteiger partial charge is 0.353 e. The summed E-state index contributed by atoms with van der Waals surface area (Å²) in [4.78, 5) is 25.9. The average Bonchev–Trinajstić information content (AvgIpc) is 2.82. The van der Waals surface area contributed by atoms with Gasteiger partial charge in [-0.3, -0.25) is 4.79 Å². The van der Waals surface area contributed by atoms with Crippen LogP contribution in [0, 0.1) is 6.92 Å². The molecule has 0 N–H and O–H groups in total. The summed E-state index contributed by atoms with van der Waals surface area (Å²) in [6, 6.07) is 14.5. The normalized spacial score (nSPS) is 14.8. The number of piperazine rings is 1. The topological polar surface area (TPSA) is 49.3 Å². The van der Waals surface area contributed by atoms with Gasteiger partial charge in [-0.25, -0.2) is 9.97 Å². The summed E-state index contributed by atoms with van der Waals surface area (Å²) in [6.07, 6.45) is -4.39. The quantitative estimate of drug-likeness (QED) is 0.478. The second-order valence-corrected chi connectivity index (χ2v) is 9.87. The van der Waals surface area contributed by atoms with E-state index in [1.807, 2.05) is 42.2 Å². The lowest BCUT2D eigenvalue weighted by Crippen LogP contribution is -2.49. The van der Waals surface area contributed by atoms with E-state index in [4.69, 9.17) is 0 Å². The van der Waals surface area contributed by atoms with Crippen LogP contribution in [0.15, 0.2) is 54.6 Å². The second kappa shape index (κ2) is 9.32. The van der Waals surface area contributed by atoms with Crippen LogP contribution in [0.5, 0.6) is 0 Å². The molecule has 1 aliphatic rings. The molecule has 1 aromatic heterocycles. The van der Waals surface area contributed by atoms with E-state index in [-0.39, 0.29) is 11.3 Å². The van der Waals surface area contributed by atoms with Gasteiger partial charge in [0.25, 0.3) is 5.91 Å². The molecule has 3 aromatic rings. The molecule has 8 heteroatoms. The number of aromatic nitrogens is 2. The van der Waals surface area contributed by atoms with Gasteiger partial charge in [-0.2, -0.15) is 13.2 Å². The van der Waals surface area contributed by atoms with Gasteiger partial charge in [-0.05, 0) is 42.2 Å². The van der Waals surface area contributed by atoms with Crippen molar-refractivity contribution in [3.05, 3.63) is 77.0 Å². The number of aryl methyl sites for hydroxylation is 1. The first-order valence-corrected chi connectivity index (χ1v) is 11.6. The number of carbonyl (C=O) groups excluding carboxylic acids is 1. The Morgan fingerprint density at radius 1 is 0.829 bits per heavy atom. The van der Waals surface area contributed by atoms with Crippen molar-refractivity contribution in [1.29, 1.82) is 0 Å². The zero-order valence-corrected chi connectivity index (χ0v) is 20.4. The first-order chi connectivity index (χ1) is 16.4. The number of halogens is 3. The van der Waals surface area contributed by atoms with E-state index in [1.54, 1.807) is 0 Å². The van der Waals surface area contributed by atoms with E-state index in [9.17, 15) is 18.0 Å². The number of benzene rings is 2. The predicted molar refractivity (Wildman–Crippen MR) is 130 cm³/mol. The molecule has 0 aliphatic carbocycles. The molecule has 0 atom stereocenters. The van der Waals surface area contributed by atoms with Crippen molar-refractivity contribution in [2.24, 2.45) is 0 Å². The molecule has 0 unspecified atom stereocenters. The Balaban J connectivity index is 1.45. The molecular formula is C27H29F3N4O. The van der Waals surface area contributed by atoms with Crippen molar-refractivity contribution in [2.45, 2.75) is 39.3 Å². The van der Waals surface area contributed by atoms with Gasteiger partial charge in [0.2, 0.25) is 0 Å². The van der Waals surface area contributed by atoms with Gasteiger partial charge in [0.05, 0.1) is 5.56 Å². The number of rotatable bonds is 3. The van der Waals surface area contributed by atoms with Crippen molar-refractivity contribution < 1.29 is 18.0 Å². The van der Waals surface area contributed by atoms with E-state index in [0.717, 1.165) is 17.8 Å². The molecule has 1 amide bonds. The van der Waals surface area contributed by atoms with Crippen molar-refractivity contribution in [3.63, 3.8) is 0 Å². The Hall–Kier alpha value is -3.42. The van der Waals surface area contributed by atoms with Gasteiger partial charge in [0, 0.05) is 49.1 Å². The summed E-state index contributed by atoms with van der Waals surface area (Å²) in [7, 11) is 0. The van der Waals surface area contributed by atoms with E-state index < -0.39 is 11.7 Å². The molecule has 184 valence electrons. The average molecular weight is 483 g/mol. The summed E-state index contributed by atoms with van der Waals surface area (Å²) < 4.78 is 38.7. The number of nitrogens with zero attached hydrogens (tertiary/aromatic N) is 4. The summed E-state index contributed by atoms with van der Waals surface area (Å²) in [5.41, 5.74) is 2.43. The minimum absolute atomic E-state index is 0.00872. The van der Waals surface area contributed by atoms with Crippen molar-refractivity contribution in [1.82, 2.24) is 14.9 Å². The molecule has 2 heterocycles. The fraction of sp³-hybridized carbons (Fsp3) is 0.370. The lowest BCUT2D eigenvalue weighted by Gasteiger charge is -2.35. The Kier molecular flexibility index (Phi) is 6.58. The van der Waals surface area contributed by atoms with Crippen molar-refractivity contribution >= 4 is 11.7 Å². The minimum atomic E-state index is -4.39. The maximum absolute atomic E-state index is 13.0. The maximum atomic E-state index is 13.0. The van der Waals surface area contributed by atoms with Gasteiger partial charge in [-0.1, -0.05) is 45.0 Å². The number of hydrogen-bond donors (Lipinski definition) is 0. The van der Waals surface area contributed by atoms with Crippen LogP contribution in [0.4, 0.5) is 19.0 Å². The Bertz CT molecular complexity index is 1190. The van der Waals surface area contributed by atoms with Crippen LogP contribution in [0.1, 0.15) is 48.0 Å². The minimum Gasteiger partial charge on any atom is -0.353 e. The van der Waals surface area contributed by atoms with Gasteiger partial charge in [0.1, 0.15) is 5.82 Å². The fourth-order valence-electron chi connectivity index (χ4n) is 4.09. The lowest BCUT2D eigenvalue weighted by atomic mass is 9.86. The predicted octanol–water partition coefficient (Wildman–Crippen LogP) is 5.73. The first kappa shape index (κ1) is 24.7. The Morgan fingerprint density at radius 2 is 1.40 bits per heavy atom. The monoisotopic (exact) mass is 482 g/mol. The van der Waals surface area contributed by atoms with Crippen LogP contribution < -0.4 is 4.90 Å². The van der Waals surface area contributed by atoms with Crippen molar-refractivity contribution in [3.8, 4) is 11.4 Å². The van der Waals surface area contributed by atoms with Gasteiger partial charge >= 0.3 is 6.18 Å². The number of alkyl halides is 3. The number of amides is 1. The van der Waals surface area contributed by atoms with Crippen LogP contribution in [0.25, 0.3) is 11.4 Å². The molecule has 4 rings (SSSR count). The zero-order valence-electron chi connectivity index (χ0n) is 20.4. The molecule has 0 spiro atoms. The van der Waals surface area contributed by atoms with Gasteiger partial charge in [-0.15, -0.1) is 0 Å². The molecule has 0 saturated carbocycles. The second-order valence-electron chi connectivity index (χ2n) is 9.87. The summed E-state index contributed by atoms with van der Waals surface area (Å²) in [5, 5.41) is 0. The number of hydrogen-bond acceptors (Lipinski definition) is 4. The van der Waals surface area contributed by atoms with Gasteiger partial charge < -0.3 is 9.80 Å². The van der Waals surface area contributed by atoms with Crippen LogP contribution in [-0.4, -0.2) is 47.0 Å². The molecule has 2 aromatic carbocycles. The maximum Gasteiger partial charge on any atom is 0.416 e. The first-order valence-electron chi connectivity index (χ1n) is 11.6. The van der Waals surface area contributed by atoms with Crippen LogP contribution >= 0.6 is 0 Å². The van der Waals surface area contributed by atoms with E-state index in [0.29, 0.717) is 48.9 Å². The highest BCUT2D eigenvalue weighted by atomic mass is 19.4.